The van der Waals surface area contributed by atoms with Crippen molar-refractivity contribution in [2.75, 3.05) is 7.11 Å². The van der Waals surface area contributed by atoms with Crippen LogP contribution in [0.4, 0.5) is 0 Å². The second-order valence-corrected chi connectivity index (χ2v) is 3.52. The number of nitrogens with zero attached hydrogens (tertiary/aromatic N) is 1. The summed E-state index contributed by atoms with van der Waals surface area (Å²) in [5.41, 5.74) is 4.02. The number of nitrogens with one attached hydrogen (secondary N) is 1. The Morgan fingerprint density at radius 1 is 1.47 bits per heavy atom. The van der Waals surface area contributed by atoms with Crippen molar-refractivity contribution < 1.29 is 4.74 Å². The molecule has 15 heavy (non-hydrogen) atoms. The maximum Gasteiger partial charge on any atom is 0.0738 e. The van der Waals surface area contributed by atoms with Gasteiger partial charge in [0.15, 0.2) is 0 Å². The molecule has 1 aromatic heterocycles. The third-order valence-electron chi connectivity index (χ3n) is 2.57. The lowest BCUT2D eigenvalue weighted by atomic mass is 10.0. The Labute approximate surface area is 90.8 Å². The number of aromatic nitrogens is 1. The van der Waals surface area contributed by atoms with E-state index in [2.05, 4.69) is 17.3 Å². The number of rotatable bonds is 6. The van der Waals surface area contributed by atoms with Gasteiger partial charge in [0.05, 0.1) is 12.1 Å². The van der Waals surface area contributed by atoms with Crippen molar-refractivity contribution in [3.8, 4) is 0 Å². The van der Waals surface area contributed by atoms with Crippen molar-refractivity contribution >= 4 is 0 Å². The average Bonchev–Trinajstić information content (AvgIpc) is 2.30. The first-order chi connectivity index (χ1) is 7.31. The van der Waals surface area contributed by atoms with Crippen LogP contribution >= 0.6 is 0 Å². The van der Waals surface area contributed by atoms with E-state index in [4.69, 9.17) is 10.6 Å². The third kappa shape index (κ3) is 3.58. The number of nitrogens with two attached hydrogens (primary N) is 1. The Kier molecular flexibility index (Phi) is 5.25. The van der Waals surface area contributed by atoms with Gasteiger partial charge >= 0.3 is 0 Å². The average molecular weight is 209 g/mol. The van der Waals surface area contributed by atoms with Crippen LogP contribution in [0.3, 0.4) is 0 Å². The van der Waals surface area contributed by atoms with Gasteiger partial charge in [-0.2, -0.15) is 0 Å². The highest BCUT2D eigenvalue weighted by Gasteiger charge is 2.18. The summed E-state index contributed by atoms with van der Waals surface area (Å²) >= 11 is 0. The fourth-order valence-corrected chi connectivity index (χ4v) is 1.69. The third-order valence-corrected chi connectivity index (χ3v) is 2.57. The van der Waals surface area contributed by atoms with Gasteiger partial charge in [-0.05, 0) is 30.5 Å². The van der Waals surface area contributed by atoms with Gasteiger partial charge < -0.3 is 4.74 Å². The highest BCUT2D eigenvalue weighted by atomic mass is 16.5. The standard InChI is InChI=1S/C11H19N3O/c1-3-11(15-2)10(14-12)8-9-4-6-13-7-5-9/h4-7,10-11,14H,3,8,12H2,1-2H3. The first kappa shape index (κ1) is 12.1. The fraction of sp³-hybridized carbons (Fsp3) is 0.545. The number of ether oxygens (including phenoxy) is 1. The van der Waals surface area contributed by atoms with Crippen molar-refractivity contribution in [3.05, 3.63) is 30.1 Å². The molecule has 0 aliphatic rings. The van der Waals surface area contributed by atoms with Gasteiger partial charge in [-0.1, -0.05) is 6.92 Å². The Bertz CT molecular complexity index is 262. The minimum Gasteiger partial charge on any atom is -0.380 e. The number of hydrogen-bond acceptors (Lipinski definition) is 4. The van der Waals surface area contributed by atoms with Crippen molar-refractivity contribution in [1.29, 1.82) is 0 Å². The van der Waals surface area contributed by atoms with Crippen LogP contribution in [0, 0.1) is 0 Å². The van der Waals surface area contributed by atoms with Crippen molar-refractivity contribution in [2.45, 2.75) is 31.9 Å². The molecular formula is C11H19N3O. The minimum atomic E-state index is 0.141. The molecule has 0 aliphatic heterocycles. The molecule has 0 bridgehead atoms. The van der Waals surface area contributed by atoms with E-state index in [9.17, 15) is 0 Å². The SMILES string of the molecule is CCC(OC)C(Cc1ccncc1)NN. The topological polar surface area (TPSA) is 60.2 Å². The van der Waals surface area contributed by atoms with Crippen LogP contribution in [0.1, 0.15) is 18.9 Å². The predicted molar refractivity (Wildman–Crippen MR) is 60.1 cm³/mol. The Hall–Kier alpha value is -0.970. The van der Waals surface area contributed by atoms with Gasteiger partial charge in [0.2, 0.25) is 0 Å². The lowest BCUT2D eigenvalue weighted by Gasteiger charge is -2.24. The lowest BCUT2D eigenvalue weighted by Crippen LogP contribution is -2.46. The molecule has 0 saturated carbocycles. The lowest BCUT2D eigenvalue weighted by molar-refractivity contribution is 0.0653. The molecule has 84 valence electrons. The Morgan fingerprint density at radius 2 is 2.13 bits per heavy atom. The zero-order valence-corrected chi connectivity index (χ0v) is 9.31. The van der Waals surface area contributed by atoms with Crippen LogP contribution in [0.5, 0.6) is 0 Å². The second-order valence-electron chi connectivity index (χ2n) is 3.52. The Morgan fingerprint density at radius 3 is 2.60 bits per heavy atom. The van der Waals surface area contributed by atoms with Crippen molar-refractivity contribution in [3.63, 3.8) is 0 Å². The molecule has 2 unspecified atom stereocenters. The molecule has 4 heteroatoms. The zero-order valence-electron chi connectivity index (χ0n) is 9.31. The fourth-order valence-electron chi connectivity index (χ4n) is 1.69. The summed E-state index contributed by atoms with van der Waals surface area (Å²) in [4.78, 5) is 3.98. The molecule has 3 N–H and O–H groups in total. The molecule has 0 aliphatic carbocycles. The van der Waals surface area contributed by atoms with E-state index in [-0.39, 0.29) is 12.1 Å². The first-order valence-electron chi connectivity index (χ1n) is 5.19. The second kappa shape index (κ2) is 6.50. The van der Waals surface area contributed by atoms with E-state index in [0.29, 0.717) is 0 Å². The van der Waals surface area contributed by atoms with Gasteiger partial charge in [-0.3, -0.25) is 16.3 Å². The maximum absolute atomic E-state index is 5.53. The van der Waals surface area contributed by atoms with Crippen LogP contribution < -0.4 is 11.3 Å². The summed E-state index contributed by atoms with van der Waals surface area (Å²) < 4.78 is 5.37. The van der Waals surface area contributed by atoms with Gasteiger partial charge in [0, 0.05) is 19.5 Å². The quantitative estimate of drug-likeness (QED) is 0.539. The molecule has 0 aromatic carbocycles. The molecule has 1 heterocycles. The number of methoxy groups -OCH3 is 1. The summed E-state index contributed by atoms with van der Waals surface area (Å²) in [6.45, 7) is 2.09. The molecule has 0 amide bonds. The summed E-state index contributed by atoms with van der Waals surface area (Å²) in [6.07, 6.45) is 5.51. The first-order valence-corrected chi connectivity index (χ1v) is 5.19. The molecule has 0 spiro atoms. The van der Waals surface area contributed by atoms with E-state index < -0.39 is 0 Å². The van der Waals surface area contributed by atoms with E-state index >= 15 is 0 Å². The summed E-state index contributed by atoms with van der Waals surface area (Å²) in [6, 6.07) is 4.13. The Balaban J connectivity index is 2.61. The monoisotopic (exact) mass is 209 g/mol. The molecule has 0 radical (unpaired) electrons. The number of hydrogen-bond donors (Lipinski definition) is 2. The molecule has 0 fully saturated rings. The predicted octanol–water partition coefficient (Wildman–Crippen LogP) is 0.881. The molecule has 2 atom stereocenters. The van der Waals surface area contributed by atoms with Gasteiger partial charge in [-0.25, -0.2) is 0 Å². The summed E-state index contributed by atoms with van der Waals surface area (Å²) in [5.74, 6) is 5.53. The molecule has 1 aromatic rings. The highest BCUT2D eigenvalue weighted by Crippen LogP contribution is 2.09. The van der Waals surface area contributed by atoms with Crippen LogP contribution in [0.25, 0.3) is 0 Å². The molecular weight excluding hydrogens is 190 g/mol. The van der Waals surface area contributed by atoms with E-state index in [1.165, 1.54) is 5.56 Å². The molecule has 0 saturated heterocycles. The van der Waals surface area contributed by atoms with E-state index in [1.54, 1.807) is 19.5 Å². The normalized spacial score (nSPS) is 14.9. The smallest absolute Gasteiger partial charge is 0.0738 e. The van der Waals surface area contributed by atoms with Crippen LogP contribution in [0.15, 0.2) is 24.5 Å². The van der Waals surface area contributed by atoms with E-state index in [1.807, 2.05) is 12.1 Å². The van der Waals surface area contributed by atoms with Crippen LogP contribution in [-0.2, 0) is 11.2 Å². The van der Waals surface area contributed by atoms with Gasteiger partial charge in [0.25, 0.3) is 0 Å². The summed E-state index contributed by atoms with van der Waals surface area (Å²) in [5, 5.41) is 0. The van der Waals surface area contributed by atoms with E-state index in [0.717, 1.165) is 12.8 Å². The highest BCUT2D eigenvalue weighted by molar-refractivity contribution is 5.11. The van der Waals surface area contributed by atoms with Crippen LogP contribution in [-0.4, -0.2) is 24.2 Å². The number of hydrazine groups is 1. The van der Waals surface area contributed by atoms with Crippen molar-refractivity contribution in [2.24, 2.45) is 5.84 Å². The van der Waals surface area contributed by atoms with Crippen molar-refractivity contribution in [1.82, 2.24) is 10.4 Å². The maximum atomic E-state index is 5.53. The molecule has 4 nitrogen and oxygen atoms in total. The van der Waals surface area contributed by atoms with Gasteiger partial charge in [-0.15, -0.1) is 0 Å². The summed E-state index contributed by atoms with van der Waals surface area (Å²) in [7, 11) is 1.71. The van der Waals surface area contributed by atoms with Gasteiger partial charge in [0.1, 0.15) is 0 Å². The zero-order chi connectivity index (χ0) is 11.1. The van der Waals surface area contributed by atoms with Crippen LogP contribution in [0.2, 0.25) is 0 Å². The number of pyridine rings is 1. The largest absolute Gasteiger partial charge is 0.380 e. The minimum absolute atomic E-state index is 0.141. The molecule has 1 rings (SSSR count).